The van der Waals surface area contributed by atoms with Gasteiger partial charge in [-0.2, -0.15) is 0 Å². The summed E-state index contributed by atoms with van der Waals surface area (Å²) in [6.07, 6.45) is 1.74. The molecule has 0 aliphatic rings. The van der Waals surface area contributed by atoms with Crippen molar-refractivity contribution in [2.45, 2.75) is 13.8 Å². The average Bonchev–Trinajstić information content (AvgIpc) is 2.64. The molecule has 1 N–H and O–H groups in total. The van der Waals surface area contributed by atoms with Gasteiger partial charge in [-0.25, -0.2) is 4.98 Å². The number of nitrogens with one attached hydrogen (secondary N) is 1. The van der Waals surface area contributed by atoms with Gasteiger partial charge in [0.15, 0.2) is 0 Å². The smallest absolute Gasteiger partial charge is 0.274 e. The maximum atomic E-state index is 12.4. The summed E-state index contributed by atoms with van der Waals surface area (Å²) in [5.41, 5.74) is 4.33. The fraction of sp³-hybridized carbons (Fsp3) is 0.143. The summed E-state index contributed by atoms with van der Waals surface area (Å²) >= 11 is 0. The molecule has 3 aromatic rings. The van der Waals surface area contributed by atoms with E-state index < -0.39 is 0 Å². The monoisotopic (exact) mass is 331 g/mol. The summed E-state index contributed by atoms with van der Waals surface area (Å²) in [7, 11) is 0. The largest absolute Gasteiger partial charge is 0.341 e. The number of rotatable bonds is 5. The topological polar surface area (TPSA) is 45.2 Å². The minimum atomic E-state index is -0.208. The van der Waals surface area contributed by atoms with Gasteiger partial charge in [0.1, 0.15) is 5.69 Å². The Morgan fingerprint density at radius 2 is 1.80 bits per heavy atom. The summed E-state index contributed by atoms with van der Waals surface area (Å²) in [6, 6.07) is 21.5. The molecule has 3 rings (SSSR count). The first-order valence-electron chi connectivity index (χ1n) is 8.34. The van der Waals surface area contributed by atoms with E-state index in [4.69, 9.17) is 0 Å². The van der Waals surface area contributed by atoms with Crippen LogP contribution in [0.1, 0.15) is 23.0 Å². The van der Waals surface area contributed by atoms with E-state index in [-0.39, 0.29) is 5.91 Å². The molecule has 0 spiro atoms. The summed E-state index contributed by atoms with van der Waals surface area (Å²) in [5.74, 6) is -0.208. The van der Waals surface area contributed by atoms with Gasteiger partial charge >= 0.3 is 0 Å². The number of hydrogen-bond acceptors (Lipinski definition) is 3. The highest BCUT2D eigenvalue weighted by Crippen LogP contribution is 2.24. The molecule has 0 bridgehead atoms. The Bertz CT molecular complexity index is 845. The summed E-state index contributed by atoms with van der Waals surface area (Å²) in [4.78, 5) is 18.8. The first-order valence-corrected chi connectivity index (χ1v) is 8.34. The Hall–Kier alpha value is -3.14. The van der Waals surface area contributed by atoms with Crippen molar-refractivity contribution in [3.8, 4) is 0 Å². The number of hydrogen-bond donors (Lipinski definition) is 1. The lowest BCUT2D eigenvalue weighted by molar-refractivity contribution is 0.102. The van der Waals surface area contributed by atoms with Crippen molar-refractivity contribution < 1.29 is 4.79 Å². The fourth-order valence-corrected chi connectivity index (χ4v) is 2.72. The number of para-hydroxylation sites is 1. The second kappa shape index (κ2) is 7.62. The Morgan fingerprint density at radius 3 is 2.44 bits per heavy atom. The lowest BCUT2D eigenvalue weighted by atomic mass is 10.2. The Morgan fingerprint density at radius 1 is 1.00 bits per heavy atom. The standard InChI is InChI=1S/C21H21N3O/c1-3-24(18-10-5-4-6-11-18)19-12-13-20(22-15-19)21(25)23-17-9-7-8-16(2)14-17/h4-15H,3H2,1-2H3,(H,23,25). The number of anilines is 3. The minimum absolute atomic E-state index is 0.208. The molecule has 126 valence electrons. The van der Waals surface area contributed by atoms with Crippen LogP contribution in [-0.4, -0.2) is 17.4 Å². The fourth-order valence-electron chi connectivity index (χ4n) is 2.72. The van der Waals surface area contributed by atoms with Gasteiger partial charge in [-0.05, 0) is 55.8 Å². The summed E-state index contributed by atoms with van der Waals surface area (Å²) < 4.78 is 0. The van der Waals surface area contributed by atoms with Gasteiger partial charge in [0.05, 0.1) is 11.9 Å². The number of carbonyl (C=O) groups excluding carboxylic acids is 1. The zero-order chi connectivity index (χ0) is 17.6. The van der Waals surface area contributed by atoms with Crippen LogP contribution < -0.4 is 10.2 Å². The maximum absolute atomic E-state index is 12.4. The van der Waals surface area contributed by atoms with Crippen LogP contribution in [0.2, 0.25) is 0 Å². The molecule has 0 saturated carbocycles. The Balaban J connectivity index is 1.76. The zero-order valence-corrected chi connectivity index (χ0v) is 14.4. The molecule has 4 nitrogen and oxygen atoms in total. The Labute approximate surface area is 148 Å². The Kier molecular flexibility index (Phi) is 5.09. The minimum Gasteiger partial charge on any atom is -0.341 e. The van der Waals surface area contributed by atoms with Crippen LogP contribution in [0.4, 0.5) is 17.1 Å². The van der Waals surface area contributed by atoms with E-state index in [1.807, 2.05) is 55.5 Å². The molecule has 0 aliphatic carbocycles. The number of benzene rings is 2. The van der Waals surface area contributed by atoms with Crippen molar-refractivity contribution in [2.24, 2.45) is 0 Å². The van der Waals surface area contributed by atoms with Crippen molar-refractivity contribution in [2.75, 3.05) is 16.8 Å². The van der Waals surface area contributed by atoms with E-state index in [1.54, 1.807) is 12.3 Å². The van der Waals surface area contributed by atoms with Gasteiger partial charge in [0, 0.05) is 17.9 Å². The molecule has 0 radical (unpaired) electrons. The van der Waals surface area contributed by atoms with Gasteiger partial charge < -0.3 is 10.2 Å². The SMILES string of the molecule is CCN(c1ccccc1)c1ccc(C(=O)Nc2cccc(C)c2)nc1. The van der Waals surface area contributed by atoms with Crippen molar-refractivity contribution in [1.82, 2.24) is 4.98 Å². The molecule has 0 fully saturated rings. The van der Waals surface area contributed by atoms with Crippen LogP contribution >= 0.6 is 0 Å². The molecular formula is C21H21N3O. The molecule has 25 heavy (non-hydrogen) atoms. The summed E-state index contributed by atoms with van der Waals surface area (Å²) in [5, 5.41) is 2.88. The van der Waals surface area contributed by atoms with E-state index in [1.165, 1.54) is 0 Å². The lowest BCUT2D eigenvalue weighted by Crippen LogP contribution is -2.17. The molecule has 0 saturated heterocycles. The predicted molar refractivity (Wildman–Crippen MR) is 102 cm³/mol. The molecular weight excluding hydrogens is 310 g/mol. The number of amides is 1. The number of aryl methyl sites for hydroxylation is 1. The number of nitrogens with zero attached hydrogens (tertiary/aromatic N) is 2. The second-order valence-electron chi connectivity index (χ2n) is 5.81. The van der Waals surface area contributed by atoms with Crippen LogP contribution in [-0.2, 0) is 0 Å². The van der Waals surface area contributed by atoms with E-state index in [0.717, 1.165) is 29.2 Å². The van der Waals surface area contributed by atoms with Crippen molar-refractivity contribution in [3.05, 3.63) is 84.2 Å². The third-order valence-corrected chi connectivity index (χ3v) is 3.95. The number of aromatic nitrogens is 1. The van der Waals surface area contributed by atoms with Gasteiger partial charge in [-0.1, -0.05) is 30.3 Å². The third kappa shape index (κ3) is 4.04. The normalized spacial score (nSPS) is 10.3. The number of carbonyl (C=O) groups is 1. The van der Waals surface area contributed by atoms with E-state index in [2.05, 4.69) is 34.3 Å². The highest BCUT2D eigenvalue weighted by atomic mass is 16.1. The molecule has 2 aromatic carbocycles. The molecule has 0 unspecified atom stereocenters. The van der Waals surface area contributed by atoms with Gasteiger partial charge in [-0.15, -0.1) is 0 Å². The van der Waals surface area contributed by atoms with Crippen molar-refractivity contribution in [3.63, 3.8) is 0 Å². The van der Waals surface area contributed by atoms with E-state index in [9.17, 15) is 4.79 Å². The van der Waals surface area contributed by atoms with Crippen LogP contribution in [0.3, 0.4) is 0 Å². The quantitative estimate of drug-likeness (QED) is 0.730. The van der Waals surface area contributed by atoms with Crippen molar-refractivity contribution >= 4 is 23.0 Å². The van der Waals surface area contributed by atoms with E-state index >= 15 is 0 Å². The van der Waals surface area contributed by atoms with Crippen LogP contribution in [0.25, 0.3) is 0 Å². The maximum Gasteiger partial charge on any atom is 0.274 e. The lowest BCUT2D eigenvalue weighted by Gasteiger charge is -2.22. The highest BCUT2D eigenvalue weighted by molar-refractivity contribution is 6.03. The van der Waals surface area contributed by atoms with Gasteiger partial charge in [-0.3, -0.25) is 4.79 Å². The predicted octanol–water partition coefficient (Wildman–Crippen LogP) is 4.80. The molecule has 1 amide bonds. The van der Waals surface area contributed by atoms with Crippen LogP contribution in [0.5, 0.6) is 0 Å². The van der Waals surface area contributed by atoms with E-state index in [0.29, 0.717) is 5.69 Å². The highest BCUT2D eigenvalue weighted by Gasteiger charge is 2.11. The van der Waals surface area contributed by atoms with Gasteiger partial charge in [0.2, 0.25) is 0 Å². The van der Waals surface area contributed by atoms with Crippen LogP contribution in [0, 0.1) is 6.92 Å². The molecule has 1 heterocycles. The average molecular weight is 331 g/mol. The number of pyridine rings is 1. The van der Waals surface area contributed by atoms with Gasteiger partial charge in [0.25, 0.3) is 5.91 Å². The third-order valence-electron chi connectivity index (χ3n) is 3.95. The molecule has 4 heteroatoms. The second-order valence-corrected chi connectivity index (χ2v) is 5.81. The van der Waals surface area contributed by atoms with Crippen LogP contribution in [0.15, 0.2) is 72.9 Å². The molecule has 1 aromatic heterocycles. The zero-order valence-electron chi connectivity index (χ0n) is 14.4. The first kappa shape index (κ1) is 16.7. The van der Waals surface area contributed by atoms with Crippen molar-refractivity contribution in [1.29, 1.82) is 0 Å². The summed E-state index contributed by atoms with van der Waals surface area (Å²) in [6.45, 7) is 4.90. The molecule has 0 atom stereocenters. The first-order chi connectivity index (χ1) is 12.2. The molecule has 0 aliphatic heterocycles.